The molecular formula is C12H16BrNO3. The minimum absolute atomic E-state index is 0.0557. The molecule has 4 nitrogen and oxygen atoms in total. The molecule has 94 valence electrons. The number of carbonyl (C=O) groups excluding carboxylic acids is 1. The van der Waals surface area contributed by atoms with Gasteiger partial charge in [0.2, 0.25) is 0 Å². The minimum Gasteiger partial charge on any atom is -0.456 e. The summed E-state index contributed by atoms with van der Waals surface area (Å²) in [5.41, 5.74) is 0. The minimum atomic E-state index is -0.0557. The lowest BCUT2D eigenvalue weighted by molar-refractivity contribution is -0.0371. The third-order valence-electron chi connectivity index (χ3n) is 2.89. The monoisotopic (exact) mass is 301 g/mol. The SMILES string of the molecule is Cc1ccc(C(=O)N2CC(CBr)OCC2C)o1. The summed E-state index contributed by atoms with van der Waals surface area (Å²) in [5, 5.41) is 0.737. The fourth-order valence-electron chi connectivity index (χ4n) is 1.88. The van der Waals surface area contributed by atoms with Crippen LogP contribution in [0.5, 0.6) is 0 Å². The molecule has 0 aliphatic carbocycles. The third kappa shape index (κ3) is 2.72. The number of halogens is 1. The highest BCUT2D eigenvalue weighted by Gasteiger charge is 2.30. The van der Waals surface area contributed by atoms with Crippen LogP contribution in [0.1, 0.15) is 23.2 Å². The molecule has 1 amide bonds. The maximum atomic E-state index is 12.2. The number of amides is 1. The van der Waals surface area contributed by atoms with Crippen molar-refractivity contribution in [2.75, 3.05) is 18.5 Å². The number of hydrogen-bond acceptors (Lipinski definition) is 3. The van der Waals surface area contributed by atoms with E-state index in [1.807, 2.05) is 18.7 Å². The molecule has 1 aromatic heterocycles. The highest BCUT2D eigenvalue weighted by atomic mass is 79.9. The average molecular weight is 302 g/mol. The van der Waals surface area contributed by atoms with Crippen molar-refractivity contribution in [2.45, 2.75) is 26.0 Å². The van der Waals surface area contributed by atoms with Gasteiger partial charge >= 0.3 is 0 Å². The summed E-state index contributed by atoms with van der Waals surface area (Å²) in [6.45, 7) is 4.99. The molecule has 2 rings (SSSR count). The van der Waals surface area contributed by atoms with Gasteiger partial charge in [0.25, 0.3) is 5.91 Å². The number of furan rings is 1. The quantitative estimate of drug-likeness (QED) is 0.787. The van der Waals surface area contributed by atoms with Crippen LogP contribution < -0.4 is 0 Å². The second-order valence-electron chi connectivity index (χ2n) is 4.33. The van der Waals surface area contributed by atoms with E-state index in [-0.39, 0.29) is 18.1 Å². The smallest absolute Gasteiger partial charge is 0.289 e. The van der Waals surface area contributed by atoms with Crippen molar-refractivity contribution in [1.29, 1.82) is 0 Å². The van der Waals surface area contributed by atoms with Gasteiger partial charge in [-0.25, -0.2) is 0 Å². The third-order valence-corrected chi connectivity index (χ3v) is 3.61. The Morgan fingerprint density at radius 1 is 1.59 bits per heavy atom. The first kappa shape index (κ1) is 12.6. The van der Waals surface area contributed by atoms with Crippen LogP contribution in [0.15, 0.2) is 16.5 Å². The van der Waals surface area contributed by atoms with Crippen molar-refractivity contribution < 1.29 is 13.9 Å². The first-order chi connectivity index (χ1) is 8.11. The number of aryl methyl sites for hydroxylation is 1. The predicted molar refractivity (Wildman–Crippen MR) is 67.5 cm³/mol. The molecule has 0 saturated carbocycles. The van der Waals surface area contributed by atoms with Gasteiger partial charge < -0.3 is 14.1 Å². The highest BCUT2D eigenvalue weighted by Crippen LogP contribution is 2.18. The standard InChI is InChI=1S/C12H16BrNO3/c1-8-7-16-10(5-13)6-14(8)12(15)11-4-3-9(2)17-11/h3-4,8,10H,5-7H2,1-2H3. The van der Waals surface area contributed by atoms with E-state index in [0.717, 1.165) is 11.1 Å². The second-order valence-corrected chi connectivity index (χ2v) is 4.97. The Bertz CT molecular complexity index is 404. The summed E-state index contributed by atoms with van der Waals surface area (Å²) in [6, 6.07) is 3.62. The molecule has 1 aliphatic heterocycles. The van der Waals surface area contributed by atoms with Crippen LogP contribution >= 0.6 is 15.9 Å². The molecule has 1 aromatic rings. The molecule has 1 saturated heterocycles. The van der Waals surface area contributed by atoms with Gasteiger partial charge in [0.15, 0.2) is 5.76 Å². The molecule has 0 bridgehead atoms. The molecule has 1 aliphatic rings. The first-order valence-electron chi connectivity index (χ1n) is 5.66. The Hall–Kier alpha value is -0.810. The average Bonchev–Trinajstić information content (AvgIpc) is 2.76. The molecule has 5 heteroatoms. The Morgan fingerprint density at radius 2 is 2.35 bits per heavy atom. The zero-order valence-electron chi connectivity index (χ0n) is 9.98. The highest BCUT2D eigenvalue weighted by molar-refractivity contribution is 9.09. The van der Waals surface area contributed by atoms with E-state index in [1.165, 1.54) is 0 Å². The Balaban J connectivity index is 2.12. The molecule has 0 N–H and O–H groups in total. The fourth-order valence-corrected chi connectivity index (χ4v) is 2.28. The summed E-state index contributed by atoms with van der Waals surface area (Å²) in [4.78, 5) is 14.1. The molecule has 1 fully saturated rings. The topological polar surface area (TPSA) is 42.7 Å². The summed E-state index contributed by atoms with van der Waals surface area (Å²) < 4.78 is 11.0. The number of hydrogen-bond donors (Lipinski definition) is 0. The lowest BCUT2D eigenvalue weighted by Gasteiger charge is -2.37. The van der Waals surface area contributed by atoms with E-state index >= 15 is 0 Å². The molecule has 2 atom stereocenters. The zero-order chi connectivity index (χ0) is 12.4. The molecule has 17 heavy (non-hydrogen) atoms. The van der Waals surface area contributed by atoms with Crippen molar-refractivity contribution >= 4 is 21.8 Å². The maximum Gasteiger partial charge on any atom is 0.289 e. The fraction of sp³-hybridized carbons (Fsp3) is 0.583. The van der Waals surface area contributed by atoms with E-state index < -0.39 is 0 Å². The summed E-state index contributed by atoms with van der Waals surface area (Å²) in [5.74, 6) is 1.11. The number of carbonyl (C=O) groups is 1. The number of morpholine rings is 1. The van der Waals surface area contributed by atoms with Gasteiger partial charge in [-0.2, -0.15) is 0 Å². The van der Waals surface area contributed by atoms with Crippen molar-refractivity contribution in [3.8, 4) is 0 Å². The van der Waals surface area contributed by atoms with E-state index in [1.54, 1.807) is 12.1 Å². The Labute approximate surface area is 109 Å². The molecular weight excluding hydrogens is 286 g/mol. The number of ether oxygens (including phenoxy) is 1. The predicted octanol–water partition coefficient (Wildman–Crippen LogP) is 2.21. The van der Waals surface area contributed by atoms with E-state index in [0.29, 0.717) is 18.9 Å². The van der Waals surface area contributed by atoms with Crippen molar-refractivity contribution in [3.63, 3.8) is 0 Å². The number of nitrogens with zero attached hydrogens (tertiary/aromatic N) is 1. The maximum absolute atomic E-state index is 12.2. The Morgan fingerprint density at radius 3 is 2.94 bits per heavy atom. The van der Waals surface area contributed by atoms with Crippen molar-refractivity contribution in [1.82, 2.24) is 4.90 Å². The second kappa shape index (κ2) is 5.23. The molecule has 0 radical (unpaired) electrons. The van der Waals surface area contributed by atoms with E-state index in [9.17, 15) is 4.79 Å². The van der Waals surface area contributed by atoms with Crippen molar-refractivity contribution in [3.05, 3.63) is 23.7 Å². The van der Waals surface area contributed by atoms with Gasteiger partial charge in [-0.3, -0.25) is 4.79 Å². The summed E-state index contributed by atoms with van der Waals surface area (Å²) >= 11 is 3.38. The molecule has 0 spiro atoms. The molecule has 0 aromatic carbocycles. The zero-order valence-corrected chi connectivity index (χ0v) is 11.6. The van der Waals surface area contributed by atoms with Gasteiger partial charge in [-0.15, -0.1) is 0 Å². The van der Waals surface area contributed by atoms with Gasteiger partial charge in [-0.1, -0.05) is 15.9 Å². The summed E-state index contributed by atoms with van der Waals surface area (Å²) in [7, 11) is 0. The van der Waals surface area contributed by atoms with Crippen molar-refractivity contribution in [2.24, 2.45) is 0 Å². The number of rotatable bonds is 2. The number of alkyl halides is 1. The van der Waals surface area contributed by atoms with E-state index in [2.05, 4.69) is 15.9 Å². The van der Waals surface area contributed by atoms with Crippen LogP contribution in [0.4, 0.5) is 0 Å². The first-order valence-corrected chi connectivity index (χ1v) is 6.79. The molecule has 2 heterocycles. The van der Waals surface area contributed by atoms with Gasteiger partial charge in [0.1, 0.15) is 5.76 Å². The van der Waals surface area contributed by atoms with Crippen LogP contribution in [0.3, 0.4) is 0 Å². The van der Waals surface area contributed by atoms with E-state index in [4.69, 9.17) is 9.15 Å². The lowest BCUT2D eigenvalue weighted by atomic mass is 10.2. The van der Waals surface area contributed by atoms with Gasteiger partial charge in [-0.05, 0) is 26.0 Å². The summed E-state index contributed by atoms with van der Waals surface area (Å²) in [6.07, 6.45) is 0.0613. The van der Waals surface area contributed by atoms with Crippen LogP contribution in [0.25, 0.3) is 0 Å². The van der Waals surface area contributed by atoms with Crippen LogP contribution in [0, 0.1) is 6.92 Å². The Kier molecular flexibility index (Phi) is 3.89. The van der Waals surface area contributed by atoms with Crippen LogP contribution in [0.2, 0.25) is 0 Å². The van der Waals surface area contributed by atoms with Gasteiger partial charge in [0.05, 0.1) is 18.8 Å². The lowest BCUT2D eigenvalue weighted by Crippen LogP contribution is -2.51. The normalized spacial score (nSPS) is 25.0. The van der Waals surface area contributed by atoms with Gasteiger partial charge in [0, 0.05) is 11.9 Å². The van der Waals surface area contributed by atoms with Crippen LogP contribution in [-0.2, 0) is 4.74 Å². The molecule has 2 unspecified atom stereocenters. The van der Waals surface area contributed by atoms with Crippen LogP contribution in [-0.4, -0.2) is 41.4 Å². The largest absolute Gasteiger partial charge is 0.456 e.